The van der Waals surface area contributed by atoms with Gasteiger partial charge in [0.15, 0.2) is 0 Å². The minimum atomic E-state index is 0.125. The molecule has 34 heavy (non-hydrogen) atoms. The van der Waals surface area contributed by atoms with Crippen molar-refractivity contribution in [3.63, 3.8) is 0 Å². The van der Waals surface area contributed by atoms with Crippen LogP contribution in [0, 0.1) is 0 Å². The van der Waals surface area contributed by atoms with Crippen LogP contribution < -0.4 is 9.47 Å². The van der Waals surface area contributed by atoms with Gasteiger partial charge in [-0.25, -0.2) is 4.98 Å². The molecule has 4 heteroatoms. The molecule has 0 unspecified atom stereocenters. The molecule has 0 radical (unpaired) electrons. The molecule has 4 nitrogen and oxygen atoms in total. The van der Waals surface area contributed by atoms with E-state index < -0.39 is 0 Å². The second kappa shape index (κ2) is 9.54. The molecule has 4 rings (SSSR count). The van der Waals surface area contributed by atoms with Crippen LogP contribution in [0.25, 0.3) is 11.0 Å². The van der Waals surface area contributed by atoms with Crippen LogP contribution in [0.3, 0.4) is 0 Å². The second-order valence-corrected chi connectivity index (χ2v) is 10.9. The maximum Gasteiger partial charge on any atom is 0.148 e. The number of para-hydroxylation sites is 2. The van der Waals surface area contributed by atoms with Gasteiger partial charge in [0.2, 0.25) is 0 Å². The van der Waals surface area contributed by atoms with E-state index in [1.807, 2.05) is 30.3 Å². The molecule has 1 aromatic heterocycles. The summed E-state index contributed by atoms with van der Waals surface area (Å²) in [5, 5.41) is 0. The SMILES string of the molecule is CC(C)(C)c1ccc(OCCn2c(COc3ccc(C(C)(C)C)cc3)nc3ccccc32)cc1. The van der Waals surface area contributed by atoms with E-state index in [4.69, 9.17) is 14.5 Å². The van der Waals surface area contributed by atoms with Gasteiger partial charge in [0.05, 0.1) is 17.6 Å². The molecule has 0 aliphatic heterocycles. The Morgan fingerprint density at radius 2 is 1.21 bits per heavy atom. The van der Waals surface area contributed by atoms with Gasteiger partial charge in [-0.05, 0) is 58.4 Å². The number of ether oxygens (including phenoxy) is 2. The van der Waals surface area contributed by atoms with Gasteiger partial charge in [-0.15, -0.1) is 0 Å². The summed E-state index contributed by atoms with van der Waals surface area (Å²) in [7, 11) is 0. The Morgan fingerprint density at radius 3 is 1.76 bits per heavy atom. The summed E-state index contributed by atoms with van der Waals surface area (Å²) in [6.45, 7) is 15.0. The van der Waals surface area contributed by atoms with Crippen LogP contribution in [-0.2, 0) is 24.0 Å². The Balaban J connectivity index is 1.45. The van der Waals surface area contributed by atoms with Crippen molar-refractivity contribution in [2.75, 3.05) is 6.61 Å². The summed E-state index contributed by atoms with van der Waals surface area (Å²) < 4.78 is 14.4. The van der Waals surface area contributed by atoms with Gasteiger partial charge in [-0.3, -0.25) is 0 Å². The van der Waals surface area contributed by atoms with Crippen molar-refractivity contribution in [3.05, 3.63) is 89.7 Å². The molecule has 0 fully saturated rings. The van der Waals surface area contributed by atoms with Crippen molar-refractivity contribution in [1.82, 2.24) is 9.55 Å². The Hall–Kier alpha value is -3.27. The van der Waals surface area contributed by atoms with E-state index in [0.29, 0.717) is 19.8 Å². The lowest BCUT2D eigenvalue weighted by atomic mass is 9.87. The van der Waals surface area contributed by atoms with E-state index in [1.165, 1.54) is 11.1 Å². The van der Waals surface area contributed by atoms with E-state index in [1.54, 1.807) is 0 Å². The summed E-state index contributed by atoms with van der Waals surface area (Å²) in [5.74, 6) is 2.63. The Bertz CT molecular complexity index is 1220. The summed E-state index contributed by atoms with van der Waals surface area (Å²) in [6, 6.07) is 24.9. The third kappa shape index (κ3) is 5.61. The van der Waals surface area contributed by atoms with Crippen molar-refractivity contribution < 1.29 is 9.47 Å². The molecule has 0 spiro atoms. The number of fused-ring (bicyclic) bond motifs is 1. The van der Waals surface area contributed by atoms with Crippen LogP contribution in [0.2, 0.25) is 0 Å². The molecule has 0 aliphatic carbocycles. The number of nitrogens with zero attached hydrogens (tertiary/aromatic N) is 2. The van der Waals surface area contributed by atoms with Crippen LogP contribution in [0.1, 0.15) is 58.5 Å². The Morgan fingerprint density at radius 1 is 0.676 bits per heavy atom. The highest BCUT2D eigenvalue weighted by molar-refractivity contribution is 5.75. The average molecular weight is 457 g/mol. The predicted octanol–water partition coefficient (Wildman–Crippen LogP) is 7.29. The van der Waals surface area contributed by atoms with Gasteiger partial charge in [0.25, 0.3) is 0 Å². The lowest BCUT2D eigenvalue weighted by Gasteiger charge is -2.19. The zero-order chi connectivity index (χ0) is 24.3. The van der Waals surface area contributed by atoms with Gasteiger partial charge < -0.3 is 14.0 Å². The number of rotatable bonds is 7. The van der Waals surface area contributed by atoms with E-state index in [9.17, 15) is 0 Å². The lowest BCUT2D eigenvalue weighted by Crippen LogP contribution is -2.13. The Kier molecular flexibility index (Phi) is 6.70. The maximum atomic E-state index is 6.12. The molecule has 1 heterocycles. The fraction of sp³-hybridized carbons (Fsp3) is 0.367. The largest absolute Gasteiger partial charge is 0.492 e. The van der Waals surface area contributed by atoms with E-state index >= 15 is 0 Å². The smallest absolute Gasteiger partial charge is 0.148 e. The van der Waals surface area contributed by atoms with E-state index in [-0.39, 0.29) is 10.8 Å². The number of hydrogen-bond donors (Lipinski definition) is 0. The first-order valence-electron chi connectivity index (χ1n) is 12.0. The van der Waals surface area contributed by atoms with Crippen molar-refractivity contribution >= 4 is 11.0 Å². The average Bonchev–Trinajstić information content (AvgIpc) is 3.15. The van der Waals surface area contributed by atoms with Crippen molar-refractivity contribution in [2.24, 2.45) is 0 Å². The highest BCUT2D eigenvalue weighted by Gasteiger charge is 2.15. The third-order valence-electron chi connectivity index (χ3n) is 6.13. The molecule has 0 atom stereocenters. The normalized spacial score (nSPS) is 12.2. The molecule has 0 bridgehead atoms. The first-order chi connectivity index (χ1) is 16.1. The van der Waals surface area contributed by atoms with Gasteiger partial charge in [0, 0.05) is 0 Å². The Labute approximate surface area is 203 Å². The number of imidazole rings is 1. The van der Waals surface area contributed by atoms with Gasteiger partial charge >= 0.3 is 0 Å². The number of benzene rings is 3. The predicted molar refractivity (Wildman–Crippen MR) is 140 cm³/mol. The summed E-state index contributed by atoms with van der Waals surface area (Å²) in [6.07, 6.45) is 0. The third-order valence-corrected chi connectivity index (χ3v) is 6.13. The molecule has 4 aromatic rings. The van der Waals surface area contributed by atoms with Crippen LogP contribution in [0.5, 0.6) is 11.5 Å². The fourth-order valence-corrected chi connectivity index (χ4v) is 3.99. The lowest BCUT2D eigenvalue weighted by molar-refractivity contribution is 0.272. The summed E-state index contributed by atoms with van der Waals surface area (Å²) in [4.78, 5) is 4.83. The van der Waals surface area contributed by atoms with Crippen molar-refractivity contribution in [1.29, 1.82) is 0 Å². The monoisotopic (exact) mass is 456 g/mol. The fourth-order valence-electron chi connectivity index (χ4n) is 3.99. The summed E-state index contributed by atoms with van der Waals surface area (Å²) in [5.41, 5.74) is 4.92. The highest BCUT2D eigenvalue weighted by Crippen LogP contribution is 2.26. The first-order valence-corrected chi connectivity index (χ1v) is 12.0. The molecule has 0 aliphatic rings. The quantitative estimate of drug-likeness (QED) is 0.293. The highest BCUT2D eigenvalue weighted by atomic mass is 16.5. The van der Waals surface area contributed by atoms with Crippen LogP contribution in [-0.4, -0.2) is 16.2 Å². The van der Waals surface area contributed by atoms with Crippen molar-refractivity contribution in [3.8, 4) is 11.5 Å². The molecular weight excluding hydrogens is 420 g/mol. The molecule has 3 aromatic carbocycles. The molecule has 0 saturated heterocycles. The van der Waals surface area contributed by atoms with Crippen LogP contribution in [0.15, 0.2) is 72.8 Å². The molecule has 178 valence electrons. The standard InChI is InChI=1S/C30H36N2O2/c1-29(2,3)22-11-15-24(16-12-22)33-20-19-32-27-10-8-7-9-26(27)31-28(32)21-34-25-17-13-23(14-18-25)30(4,5)6/h7-18H,19-21H2,1-6H3. The number of hydrogen-bond acceptors (Lipinski definition) is 3. The van der Waals surface area contributed by atoms with Gasteiger partial charge in [-0.2, -0.15) is 0 Å². The molecule has 0 amide bonds. The minimum Gasteiger partial charge on any atom is -0.492 e. The van der Waals surface area contributed by atoms with Crippen LogP contribution in [0.4, 0.5) is 0 Å². The maximum absolute atomic E-state index is 6.12. The topological polar surface area (TPSA) is 36.3 Å². The van der Waals surface area contributed by atoms with Gasteiger partial charge in [0.1, 0.15) is 30.5 Å². The van der Waals surface area contributed by atoms with E-state index in [2.05, 4.69) is 88.6 Å². The number of aromatic nitrogens is 2. The zero-order valence-electron chi connectivity index (χ0n) is 21.3. The molecule has 0 saturated carbocycles. The minimum absolute atomic E-state index is 0.125. The zero-order valence-corrected chi connectivity index (χ0v) is 21.3. The van der Waals surface area contributed by atoms with Crippen LogP contribution >= 0.6 is 0 Å². The van der Waals surface area contributed by atoms with E-state index in [0.717, 1.165) is 28.4 Å². The second-order valence-electron chi connectivity index (χ2n) is 10.9. The van der Waals surface area contributed by atoms with Crippen molar-refractivity contribution in [2.45, 2.75) is 65.5 Å². The first kappa shape index (κ1) is 23.9. The molecular formula is C30H36N2O2. The molecule has 0 N–H and O–H groups in total. The van der Waals surface area contributed by atoms with Gasteiger partial charge in [-0.1, -0.05) is 77.9 Å². The summed E-state index contributed by atoms with van der Waals surface area (Å²) >= 11 is 0.